The number of amides is 1. The first-order valence-electron chi connectivity index (χ1n) is 14.8. The quantitative estimate of drug-likeness (QED) is 0.0993. The molecule has 234 valence electrons. The number of hydrogen-bond acceptors (Lipinski definition) is 7. The second-order valence-electron chi connectivity index (χ2n) is 12.7. The predicted molar refractivity (Wildman–Crippen MR) is 166 cm³/mol. The maximum absolute atomic E-state index is 13.6. The Hall–Kier alpha value is -1.26. The van der Waals surface area contributed by atoms with Gasteiger partial charge in [0.15, 0.2) is 0 Å². The van der Waals surface area contributed by atoms with Crippen molar-refractivity contribution >= 4 is 40.1 Å². The molecule has 4 atom stereocenters. The summed E-state index contributed by atoms with van der Waals surface area (Å²) in [5.74, 6) is 0. The van der Waals surface area contributed by atoms with Gasteiger partial charge >= 0.3 is 256 Å². The van der Waals surface area contributed by atoms with Crippen LogP contribution >= 0.6 is 0 Å². The first kappa shape index (κ1) is 35.9. The molecule has 0 radical (unpaired) electrons. The molecule has 0 aromatic heterocycles. The number of benzene rings is 1. The fourth-order valence-corrected chi connectivity index (χ4v) is 13.9. The van der Waals surface area contributed by atoms with E-state index in [0.717, 1.165) is 10.7 Å². The van der Waals surface area contributed by atoms with Gasteiger partial charge in [0.2, 0.25) is 0 Å². The third-order valence-corrected chi connectivity index (χ3v) is 16.3. The molecule has 0 spiro atoms. The molecule has 1 aromatic rings. The molecular weight excluding hydrogens is 605 g/mol. The number of ether oxygens (including phenoxy) is 4. The van der Waals surface area contributed by atoms with Gasteiger partial charge < -0.3 is 0 Å². The van der Waals surface area contributed by atoms with Crippen LogP contribution in [0.5, 0.6) is 0 Å². The Bertz CT molecular complexity index is 903. The van der Waals surface area contributed by atoms with Crippen LogP contribution in [0.15, 0.2) is 30.3 Å². The minimum atomic E-state index is -2.23. The minimum absolute atomic E-state index is 0.00388. The number of methoxy groups -OCH3 is 1. The molecule has 10 heteroatoms. The van der Waals surface area contributed by atoms with Gasteiger partial charge in [-0.05, 0) is 0 Å². The van der Waals surface area contributed by atoms with E-state index in [9.17, 15) is 9.59 Å². The first-order chi connectivity index (χ1) is 19.3. The van der Waals surface area contributed by atoms with Crippen LogP contribution in [-0.4, -0.2) is 98.1 Å². The number of hydrogen-bond donors (Lipinski definition) is 0. The number of aldehydes is 1. The van der Waals surface area contributed by atoms with E-state index in [-0.39, 0.29) is 27.9 Å². The van der Waals surface area contributed by atoms with Crippen LogP contribution in [0.1, 0.15) is 68.7 Å². The van der Waals surface area contributed by atoms with Crippen molar-refractivity contribution in [2.75, 3.05) is 33.7 Å². The molecule has 1 aromatic carbocycles. The van der Waals surface area contributed by atoms with Crippen molar-refractivity contribution in [1.29, 1.82) is 0 Å². The molecule has 0 aliphatic carbocycles. The Morgan fingerprint density at radius 3 is 2.17 bits per heavy atom. The summed E-state index contributed by atoms with van der Waals surface area (Å²) in [6.45, 7) is 20.4. The molecule has 2 rings (SSSR count). The molecule has 41 heavy (non-hydrogen) atoms. The molecule has 0 bridgehead atoms. The molecule has 1 saturated heterocycles. The molecule has 1 aliphatic rings. The number of likely N-dealkylation sites (tertiary alicyclic amines) is 1. The van der Waals surface area contributed by atoms with Gasteiger partial charge in [-0.15, -0.1) is 0 Å². The molecule has 1 heterocycles. The molecule has 0 saturated carbocycles. The third-order valence-electron chi connectivity index (χ3n) is 7.64. The van der Waals surface area contributed by atoms with Gasteiger partial charge in [0, 0.05) is 0 Å². The van der Waals surface area contributed by atoms with Gasteiger partial charge in [-0.3, -0.25) is 0 Å². The third kappa shape index (κ3) is 10.2. The zero-order chi connectivity index (χ0) is 30.8. The van der Waals surface area contributed by atoms with Crippen LogP contribution in [0.2, 0.25) is 21.4 Å². The van der Waals surface area contributed by atoms with Crippen molar-refractivity contribution in [2.45, 2.75) is 114 Å². The zero-order valence-electron chi connectivity index (χ0n) is 26.8. The maximum atomic E-state index is 13.6. The van der Waals surface area contributed by atoms with Gasteiger partial charge in [-0.2, -0.15) is 0 Å². The molecule has 0 N–H and O–H groups in total. The summed E-state index contributed by atoms with van der Waals surface area (Å²) < 4.78 is 31.2. The molecule has 1 fully saturated rings. The van der Waals surface area contributed by atoms with E-state index in [2.05, 4.69) is 41.5 Å². The normalized spacial score (nSPS) is 19.7. The van der Waals surface area contributed by atoms with E-state index in [1.165, 1.54) is 0 Å². The van der Waals surface area contributed by atoms with Crippen molar-refractivity contribution in [3.63, 3.8) is 0 Å². The van der Waals surface area contributed by atoms with Crippen LogP contribution in [0.4, 0.5) is 4.79 Å². The van der Waals surface area contributed by atoms with Crippen LogP contribution < -0.4 is 4.46 Å². The monoisotopic (exact) mass is 659 g/mol. The first-order valence-corrected chi connectivity index (χ1v) is 18.8. The van der Waals surface area contributed by atoms with E-state index in [0.29, 0.717) is 42.8 Å². The molecule has 8 nitrogen and oxygen atoms in total. The van der Waals surface area contributed by atoms with E-state index in [1.54, 1.807) is 12.0 Å². The Labute approximate surface area is 255 Å². The van der Waals surface area contributed by atoms with Crippen molar-refractivity contribution in [2.24, 2.45) is 0 Å². The number of rotatable bonds is 16. The average Bonchev–Trinajstić information content (AvgIpc) is 3.31. The second-order valence-corrected chi connectivity index (χ2v) is 20.7. The van der Waals surface area contributed by atoms with E-state index >= 15 is 0 Å². The summed E-state index contributed by atoms with van der Waals surface area (Å²) in [6.07, 6.45) is 0.375. The topological polar surface area (TPSA) is 83.5 Å². The fraction of sp³-hybridized carbons (Fsp3) is 0.742. The second kappa shape index (κ2) is 16.5. The summed E-state index contributed by atoms with van der Waals surface area (Å²) in [6, 6.07) is 9.57. The van der Waals surface area contributed by atoms with Crippen LogP contribution in [-0.2, 0) is 28.2 Å². The zero-order valence-corrected chi connectivity index (χ0v) is 29.5. The summed E-state index contributed by atoms with van der Waals surface area (Å²) in [4.78, 5) is 27.6. The van der Waals surface area contributed by atoms with E-state index < -0.39 is 37.0 Å². The Morgan fingerprint density at radius 1 is 1.05 bits per heavy atom. The summed E-state index contributed by atoms with van der Waals surface area (Å²) in [5, 5.41) is 0. The van der Waals surface area contributed by atoms with Gasteiger partial charge in [-0.1, -0.05) is 0 Å². The molecule has 1 aliphatic heterocycles. The van der Waals surface area contributed by atoms with Crippen LogP contribution in [0, 0.1) is 0 Å². The standard InChI is InChI=1S/C31H53NO7SeSi/c1-22(2)41(23(3)4,24(5)6)39-25-18-27(32(19-25)30(34)38-31(7,8)9)29(37-21-36-17-16-35-10)28(20-33)40-26-14-12-11-13-15-26/h11-15,20,22-25,27-29H,16-19,21H2,1-10H3/t25-,27+,28?,29?/m1/s1. The van der Waals surface area contributed by atoms with Crippen LogP contribution in [0.3, 0.4) is 0 Å². The average molecular weight is 659 g/mol. The van der Waals surface area contributed by atoms with Gasteiger partial charge in [0.25, 0.3) is 0 Å². The van der Waals surface area contributed by atoms with Crippen molar-refractivity contribution < 1.29 is 33.0 Å². The summed E-state index contributed by atoms with van der Waals surface area (Å²) in [7, 11) is -0.614. The Balaban J connectivity index is 2.47. The van der Waals surface area contributed by atoms with Crippen molar-refractivity contribution in [3.05, 3.63) is 30.3 Å². The Morgan fingerprint density at radius 2 is 1.66 bits per heavy atom. The number of nitrogens with zero attached hydrogens (tertiary/aromatic N) is 1. The summed E-state index contributed by atoms with van der Waals surface area (Å²) >= 11 is -0.217. The van der Waals surface area contributed by atoms with Crippen molar-refractivity contribution in [3.8, 4) is 0 Å². The van der Waals surface area contributed by atoms with Crippen molar-refractivity contribution in [1.82, 2.24) is 4.90 Å². The number of carbonyl (C=O) groups excluding carboxylic acids is 2. The predicted octanol–water partition coefficient (Wildman–Crippen LogP) is 5.58. The van der Waals surface area contributed by atoms with Gasteiger partial charge in [0.05, 0.1) is 0 Å². The van der Waals surface area contributed by atoms with E-state index in [1.807, 2.05) is 51.1 Å². The van der Waals surface area contributed by atoms with Gasteiger partial charge in [-0.25, -0.2) is 0 Å². The Kier molecular flexibility index (Phi) is 14.5. The molecular formula is C31H53NO7SeSi. The molecule has 2 unspecified atom stereocenters. The van der Waals surface area contributed by atoms with E-state index in [4.69, 9.17) is 23.4 Å². The fourth-order valence-electron chi connectivity index (χ4n) is 6.03. The SMILES string of the molecule is COCCOCOC(C(C=O)[Se]c1ccccc1)[C@@H]1C[C@@H](O[Si](C(C)C)(C(C)C)C(C)C)CN1C(=O)OC(C)(C)C. The van der Waals surface area contributed by atoms with Gasteiger partial charge in [0.1, 0.15) is 0 Å². The van der Waals surface area contributed by atoms with Crippen LogP contribution in [0.25, 0.3) is 0 Å². The number of carbonyl (C=O) groups is 2. The molecule has 1 amide bonds. The summed E-state index contributed by atoms with van der Waals surface area (Å²) in [5.41, 5.74) is 0.551.